The van der Waals surface area contributed by atoms with E-state index in [9.17, 15) is 24.0 Å². The second-order valence-electron chi connectivity index (χ2n) is 11.9. The van der Waals surface area contributed by atoms with E-state index >= 15 is 0 Å². The molecule has 0 spiro atoms. The Hall–Kier alpha value is -3.45. The molecule has 0 unspecified atom stereocenters. The summed E-state index contributed by atoms with van der Waals surface area (Å²) >= 11 is 0. The van der Waals surface area contributed by atoms with Crippen LogP contribution in [0.2, 0.25) is 0 Å². The van der Waals surface area contributed by atoms with Crippen molar-refractivity contribution in [2.45, 2.75) is 65.3 Å². The summed E-state index contributed by atoms with van der Waals surface area (Å²) in [6.07, 6.45) is 2.26. The molecule has 0 saturated carbocycles. The number of nitrogens with zero attached hydrogens (tertiary/aromatic N) is 1. The lowest BCUT2D eigenvalue weighted by Crippen LogP contribution is -2.44. The Labute approximate surface area is 244 Å². The van der Waals surface area contributed by atoms with Crippen molar-refractivity contribution in [1.82, 2.24) is 10.2 Å². The number of rotatable bonds is 15. The van der Waals surface area contributed by atoms with Gasteiger partial charge in [-0.3, -0.25) is 24.0 Å². The van der Waals surface area contributed by atoms with Crippen molar-refractivity contribution in [3.63, 3.8) is 0 Å². The lowest BCUT2D eigenvalue weighted by molar-refractivity contribution is -0.142. The molecule has 1 fully saturated rings. The number of Topliss-reactive ketones (excluding diaryl/α,β-unsaturated/α-hetero) is 4. The van der Waals surface area contributed by atoms with Gasteiger partial charge in [0.15, 0.2) is 17.3 Å². The van der Waals surface area contributed by atoms with Crippen LogP contribution < -0.4 is 5.32 Å². The van der Waals surface area contributed by atoms with Crippen molar-refractivity contribution in [1.29, 1.82) is 0 Å². The van der Waals surface area contributed by atoms with Crippen LogP contribution >= 0.6 is 0 Å². The molecule has 0 radical (unpaired) electrons. The first kappa shape index (κ1) is 32.1. The Morgan fingerprint density at radius 3 is 2.02 bits per heavy atom. The van der Waals surface area contributed by atoms with Gasteiger partial charge in [0.05, 0.1) is 6.04 Å². The lowest BCUT2D eigenvalue weighted by atomic mass is 9.81. The zero-order valence-electron chi connectivity index (χ0n) is 24.8. The second-order valence-corrected chi connectivity index (χ2v) is 11.9. The fourth-order valence-electron chi connectivity index (χ4n) is 5.39. The number of nitrogens with one attached hydrogen (secondary N) is 1. The highest BCUT2D eigenvalue weighted by molar-refractivity contribution is 6.38. The first-order valence-electron chi connectivity index (χ1n) is 14.8. The summed E-state index contributed by atoms with van der Waals surface area (Å²) in [5.41, 5.74) is 1.45. The van der Waals surface area contributed by atoms with Gasteiger partial charge in [-0.05, 0) is 63.7 Å². The molecule has 220 valence electrons. The molecule has 1 saturated heterocycles. The molecule has 1 aliphatic rings. The number of likely N-dealkylation sites (tertiary alicyclic amines) is 1. The Morgan fingerprint density at radius 1 is 0.854 bits per heavy atom. The van der Waals surface area contributed by atoms with Gasteiger partial charge in [0.1, 0.15) is 0 Å². The molecule has 7 heteroatoms. The van der Waals surface area contributed by atoms with Crippen LogP contribution in [-0.2, 0) is 25.6 Å². The number of hydrogen-bond acceptors (Lipinski definition) is 6. The Balaban J connectivity index is 1.63. The van der Waals surface area contributed by atoms with Gasteiger partial charge >= 0.3 is 0 Å². The van der Waals surface area contributed by atoms with Crippen LogP contribution in [0.5, 0.6) is 0 Å². The molecule has 0 bridgehead atoms. The maximum Gasteiger partial charge on any atom is 0.224 e. The minimum Gasteiger partial charge on any atom is -0.346 e. The topological polar surface area (TPSA) is 101 Å². The molecule has 1 heterocycles. The first-order chi connectivity index (χ1) is 19.5. The minimum absolute atomic E-state index is 0.00418. The summed E-state index contributed by atoms with van der Waals surface area (Å²) in [7, 11) is 2.05. The zero-order chi connectivity index (χ0) is 29.9. The van der Waals surface area contributed by atoms with Crippen molar-refractivity contribution >= 4 is 29.0 Å². The van der Waals surface area contributed by atoms with Crippen molar-refractivity contribution < 1.29 is 24.0 Å². The summed E-state index contributed by atoms with van der Waals surface area (Å²) in [6.45, 7) is 7.11. The standard InChI is InChI=1S/C34H44N2O5/c1-23(2)29(33(40)32(39)20-26-15-17-36(4)18-16-26)22-30(37)24(3)35-34(41)28(19-25-11-7-5-8-12-25)21-31(38)27-13-9-6-10-14-27/h5-14,23-24,26,28-29H,15-22H2,1-4H3,(H,35,41)/t24-,28+,29-/m0/s1. The van der Waals surface area contributed by atoms with Gasteiger partial charge in [-0.2, -0.15) is 0 Å². The average Bonchev–Trinajstić information content (AvgIpc) is 2.96. The predicted octanol–water partition coefficient (Wildman–Crippen LogP) is 4.72. The van der Waals surface area contributed by atoms with E-state index in [0.717, 1.165) is 31.5 Å². The number of piperidine rings is 1. The molecule has 1 amide bonds. The molecule has 1 aliphatic heterocycles. The molecule has 3 rings (SSSR count). The monoisotopic (exact) mass is 560 g/mol. The number of carbonyl (C=O) groups is 5. The Kier molecular flexibility index (Phi) is 12.1. The van der Waals surface area contributed by atoms with Crippen LogP contribution in [0, 0.1) is 23.7 Å². The molecular formula is C34H44N2O5. The van der Waals surface area contributed by atoms with E-state index in [-0.39, 0.29) is 48.6 Å². The number of hydrogen-bond donors (Lipinski definition) is 1. The minimum atomic E-state index is -0.856. The first-order valence-corrected chi connectivity index (χ1v) is 14.8. The van der Waals surface area contributed by atoms with Crippen molar-refractivity contribution in [3.05, 3.63) is 71.8 Å². The SMILES string of the molecule is CC(C)[C@H](CC(=O)[C@H](C)NC(=O)[C@@H](CC(=O)c1ccccc1)Cc1ccccc1)C(=O)C(=O)CC1CCN(C)CC1. The van der Waals surface area contributed by atoms with Crippen molar-refractivity contribution in [2.75, 3.05) is 20.1 Å². The largest absolute Gasteiger partial charge is 0.346 e. The zero-order valence-corrected chi connectivity index (χ0v) is 24.8. The third-order valence-electron chi connectivity index (χ3n) is 8.21. The number of amides is 1. The van der Waals surface area contributed by atoms with Crippen LogP contribution in [0.3, 0.4) is 0 Å². The van der Waals surface area contributed by atoms with E-state index in [0.29, 0.717) is 12.0 Å². The quantitative estimate of drug-likeness (QED) is 0.250. The highest BCUT2D eigenvalue weighted by atomic mass is 16.2. The predicted molar refractivity (Wildman–Crippen MR) is 159 cm³/mol. The molecule has 2 aromatic rings. The van der Waals surface area contributed by atoms with Crippen LogP contribution in [0.4, 0.5) is 0 Å². The van der Waals surface area contributed by atoms with Crippen LogP contribution in [0.15, 0.2) is 60.7 Å². The highest BCUT2D eigenvalue weighted by Crippen LogP contribution is 2.24. The molecule has 41 heavy (non-hydrogen) atoms. The van der Waals surface area contributed by atoms with E-state index < -0.39 is 29.4 Å². The van der Waals surface area contributed by atoms with Gasteiger partial charge in [0, 0.05) is 36.7 Å². The van der Waals surface area contributed by atoms with E-state index in [1.807, 2.05) is 50.2 Å². The highest BCUT2D eigenvalue weighted by Gasteiger charge is 2.34. The third kappa shape index (κ3) is 9.85. The summed E-state index contributed by atoms with van der Waals surface area (Å²) in [4.78, 5) is 67.8. The summed E-state index contributed by atoms with van der Waals surface area (Å²) in [5.74, 6) is -3.09. The Morgan fingerprint density at radius 2 is 1.44 bits per heavy atom. The molecule has 0 aromatic heterocycles. The van der Waals surface area contributed by atoms with Gasteiger partial charge in [0.25, 0.3) is 0 Å². The third-order valence-corrected chi connectivity index (χ3v) is 8.21. The van der Waals surface area contributed by atoms with Crippen molar-refractivity contribution in [2.24, 2.45) is 23.7 Å². The second kappa shape index (κ2) is 15.5. The van der Waals surface area contributed by atoms with Crippen LogP contribution in [-0.4, -0.2) is 60.1 Å². The molecule has 2 aromatic carbocycles. The fraction of sp³-hybridized carbons (Fsp3) is 0.500. The van der Waals surface area contributed by atoms with E-state index in [1.54, 1.807) is 31.2 Å². The molecule has 3 atom stereocenters. The molecular weight excluding hydrogens is 516 g/mol. The van der Waals surface area contributed by atoms with Crippen molar-refractivity contribution in [3.8, 4) is 0 Å². The molecule has 7 nitrogen and oxygen atoms in total. The normalized spacial score (nSPS) is 16.5. The van der Waals surface area contributed by atoms with Gasteiger partial charge < -0.3 is 10.2 Å². The average molecular weight is 561 g/mol. The van der Waals surface area contributed by atoms with E-state index in [2.05, 4.69) is 17.3 Å². The van der Waals surface area contributed by atoms with Gasteiger partial charge in [-0.15, -0.1) is 0 Å². The van der Waals surface area contributed by atoms with E-state index in [4.69, 9.17) is 0 Å². The smallest absolute Gasteiger partial charge is 0.224 e. The van der Waals surface area contributed by atoms with Crippen LogP contribution in [0.25, 0.3) is 0 Å². The number of ketones is 4. The lowest BCUT2D eigenvalue weighted by Gasteiger charge is -2.29. The summed E-state index contributed by atoms with van der Waals surface area (Å²) in [6, 6.07) is 17.5. The van der Waals surface area contributed by atoms with E-state index in [1.165, 1.54) is 0 Å². The van der Waals surface area contributed by atoms with Gasteiger partial charge in [-0.25, -0.2) is 0 Å². The number of benzene rings is 2. The fourth-order valence-corrected chi connectivity index (χ4v) is 5.39. The molecule has 1 N–H and O–H groups in total. The Bertz CT molecular complexity index is 1190. The van der Waals surface area contributed by atoms with Gasteiger partial charge in [0.2, 0.25) is 11.7 Å². The van der Waals surface area contributed by atoms with Crippen LogP contribution in [0.1, 0.15) is 68.8 Å². The van der Waals surface area contributed by atoms with Gasteiger partial charge in [-0.1, -0.05) is 74.5 Å². The summed E-state index contributed by atoms with van der Waals surface area (Å²) in [5, 5.41) is 2.80. The number of carbonyl (C=O) groups excluding carboxylic acids is 5. The summed E-state index contributed by atoms with van der Waals surface area (Å²) < 4.78 is 0. The maximum atomic E-state index is 13.4. The maximum absolute atomic E-state index is 13.4. The molecule has 0 aliphatic carbocycles.